The number of amidine groups is 1. The van der Waals surface area contributed by atoms with Gasteiger partial charge in [0.25, 0.3) is 0 Å². The van der Waals surface area contributed by atoms with Crippen molar-refractivity contribution >= 4 is 18.5 Å². The second kappa shape index (κ2) is 3.82. The Morgan fingerprint density at radius 1 is 1.82 bits per heavy atom. The average Bonchev–Trinajstić information content (AvgIpc) is 2.31. The van der Waals surface area contributed by atoms with E-state index in [1.165, 1.54) is 0 Å². The molecule has 3 N–H and O–H groups in total. The minimum atomic E-state index is -0.151. The molecule has 0 amide bonds. The monoisotopic (exact) mass is 174 g/mol. The largest absolute Gasteiger partial charge is 0.275 e. The molecule has 0 spiro atoms. The van der Waals surface area contributed by atoms with Crippen LogP contribution in [0.2, 0.25) is 0 Å². The Bertz CT molecular complexity index is 159. The molecule has 0 saturated carbocycles. The number of hydrazine groups is 1. The molecule has 0 aromatic rings. The predicted molar refractivity (Wildman–Crippen MR) is 48.9 cm³/mol. The summed E-state index contributed by atoms with van der Waals surface area (Å²) in [6.45, 7) is 2.14. The van der Waals surface area contributed by atoms with Crippen LogP contribution in [0.15, 0.2) is 5.10 Å². The lowest BCUT2D eigenvalue weighted by molar-refractivity contribution is 0.405. The molecule has 0 bridgehead atoms. The molecular weight excluding hydrogens is 160 g/mol. The third kappa shape index (κ3) is 2.00. The molecule has 4 nitrogen and oxygen atoms in total. The zero-order chi connectivity index (χ0) is 8.27. The topological polar surface area (TPSA) is 53.7 Å². The lowest BCUT2D eigenvalue weighted by atomic mass is 10.2. The van der Waals surface area contributed by atoms with E-state index in [9.17, 15) is 0 Å². The molecule has 0 fully saturated rings. The summed E-state index contributed by atoms with van der Waals surface area (Å²) >= 11 is 4.14. The van der Waals surface area contributed by atoms with E-state index >= 15 is 0 Å². The van der Waals surface area contributed by atoms with Crippen LogP contribution in [0.4, 0.5) is 0 Å². The summed E-state index contributed by atoms with van der Waals surface area (Å²) in [7, 11) is 0. The van der Waals surface area contributed by atoms with Crippen molar-refractivity contribution in [3.8, 4) is 0 Å². The molecule has 1 unspecified atom stereocenters. The van der Waals surface area contributed by atoms with Gasteiger partial charge >= 0.3 is 0 Å². The van der Waals surface area contributed by atoms with Gasteiger partial charge in [0.15, 0.2) is 5.50 Å². The molecule has 1 rings (SSSR count). The van der Waals surface area contributed by atoms with Crippen LogP contribution in [0, 0.1) is 0 Å². The number of nitrogens with one attached hydrogen (secondary N) is 1. The van der Waals surface area contributed by atoms with E-state index in [-0.39, 0.29) is 5.50 Å². The molecule has 5 heteroatoms. The molecule has 0 aromatic carbocycles. The maximum Gasteiger partial charge on any atom is 0.175 e. The fourth-order valence-electron chi connectivity index (χ4n) is 0.913. The Balaban J connectivity index is 2.34. The Morgan fingerprint density at radius 3 is 3.00 bits per heavy atom. The van der Waals surface area contributed by atoms with Gasteiger partial charge in [-0.1, -0.05) is 13.3 Å². The van der Waals surface area contributed by atoms with E-state index in [4.69, 9.17) is 5.84 Å². The van der Waals surface area contributed by atoms with Crippen LogP contribution in [0.25, 0.3) is 0 Å². The van der Waals surface area contributed by atoms with Crippen molar-refractivity contribution < 1.29 is 0 Å². The molecule has 0 saturated heterocycles. The van der Waals surface area contributed by atoms with Crippen molar-refractivity contribution in [1.82, 2.24) is 10.4 Å². The van der Waals surface area contributed by atoms with Crippen molar-refractivity contribution in [3.63, 3.8) is 0 Å². The number of hydrogen-bond acceptors (Lipinski definition) is 5. The van der Waals surface area contributed by atoms with Crippen LogP contribution >= 0.6 is 12.6 Å². The number of hydrogen-bond donors (Lipinski definition) is 3. The van der Waals surface area contributed by atoms with Crippen molar-refractivity contribution in [2.45, 2.75) is 31.7 Å². The first kappa shape index (κ1) is 8.67. The van der Waals surface area contributed by atoms with Gasteiger partial charge in [0.05, 0.1) is 0 Å². The number of rotatable bonds is 3. The second-order valence-corrected chi connectivity index (χ2v) is 3.03. The van der Waals surface area contributed by atoms with E-state index in [0.29, 0.717) is 0 Å². The van der Waals surface area contributed by atoms with Crippen LogP contribution in [0.5, 0.6) is 0 Å². The Morgan fingerprint density at radius 2 is 2.55 bits per heavy atom. The van der Waals surface area contributed by atoms with Gasteiger partial charge in [0.1, 0.15) is 5.84 Å². The molecule has 0 aromatic heterocycles. The highest BCUT2D eigenvalue weighted by Crippen LogP contribution is 2.08. The predicted octanol–water partition coefficient (Wildman–Crippen LogP) is 0.482. The molecular formula is C6H14N4S. The molecule has 0 radical (unpaired) electrons. The molecule has 64 valence electrons. The standard InChI is InChI=1S/C6H14N4S/c1-2-3-4-5-8-9-6(11)10(5)7/h6,9,11H,2-4,7H2,1H3. The zero-order valence-corrected chi connectivity index (χ0v) is 7.51. The highest BCUT2D eigenvalue weighted by atomic mass is 32.1. The fourth-order valence-corrected chi connectivity index (χ4v) is 1.10. The quantitative estimate of drug-likeness (QED) is 0.431. The van der Waals surface area contributed by atoms with E-state index in [0.717, 1.165) is 25.1 Å². The Kier molecular flexibility index (Phi) is 3.02. The van der Waals surface area contributed by atoms with Crippen molar-refractivity contribution in [2.24, 2.45) is 10.9 Å². The molecule has 0 aliphatic carbocycles. The van der Waals surface area contributed by atoms with Gasteiger partial charge in [-0.3, -0.25) is 10.4 Å². The van der Waals surface area contributed by atoms with Crippen LogP contribution in [-0.4, -0.2) is 16.3 Å². The fraction of sp³-hybridized carbons (Fsp3) is 0.833. The third-order valence-electron chi connectivity index (χ3n) is 1.62. The molecule has 1 aliphatic heterocycles. The lowest BCUT2D eigenvalue weighted by Crippen LogP contribution is -2.41. The number of hydrazone groups is 1. The van der Waals surface area contributed by atoms with E-state index < -0.39 is 0 Å². The zero-order valence-electron chi connectivity index (χ0n) is 6.62. The SMILES string of the molecule is CCCCC1=NNC(S)N1N. The minimum absolute atomic E-state index is 0.151. The molecule has 1 atom stereocenters. The van der Waals surface area contributed by atoms with Gasteiger partial charge in [0.2, 0.25) is 0 Å². The summed E-state index contributed by atoms with van der Waals surface area (Å²) in [4.78, 5) is 0. The van der Waals surface area contributed by atoms with E-state index in [1.807, 2.05) is 0 Å². The summed E-state index contributed by atoms with van der Waals surface area (Å²) < 4.78 is 0. The summed E-state index contributed by atoms with van der Waals surface area (Å²) in [5.74, 6) is 6.52. The van der Waals surface area contributed by atoms with Gasteiger partial charge in [-0.05, 0) is 6.42 Å². The number of nitrogens with two attached hydrogens (primary N) is 1. The minimum Gasteiger partial charge on any atom is -0.275 e. The maximum atomic E-state index is 5.63. The third-order valence-corrected chi connectivity index (χ3v) is 1.99. The molecule has 1 heterocycles. The average molecular weight is 174 g/mol. The molecule has 1 aliphatic rings. The first-order valence-corrected chi connectivity index (χ1v) is 4.31. The molecule has 11 heavy (non-hydrogen) atoms. The summed E-state index contributed by atoms with van der Waals surface area (Å²) in [6.07, 6.45) is 3.20. The van der Waals surface area contributed by atoms with Crippen molar-refractivity contribution in [1.29, 1.82) is 0 Å². The smallest absolute Gasteiger partial charge is 0.175 e. The van der Waals surface area contributed by atoms with Crippen LogP contribution in [0.3, 0.4) is 0 Å². The van der Waals surface area contributed by atoms with Crippen LogP contribution in [0.1, 0.15) is 26.2 Å². The van der Waals surface area contributed by atoms with Crippen LogP contribution in [-0.2, 0) is 0 Å². The summed E-state index contributed by atoms with van der Waals surface area (Å²) in [5.41, 5.74) is 2.63. The Hall–Kier alpha value is -0.420. The summed E-state index contributed by atoms with van der Waals surface area (Å²) in [5, 5.41) is 5.58. The van der Waals surface area contributed by atoms with E-state index in [2.05, 4.69) is 30.1 Å². The lowest BCUT2D eigenvalue weighted by Gasteiger charge is -2.16. The number of unbranched alkanes of at least 4 members (excludes halogenated alkanes) is 1. The van der Waals surface area contributed by atoms with Crippen molar-refractivity contribution in [3.05, 3.63) is 0 Å². The highest BCUT2D eigenvalue weighted by molar-refractivity contribution is 7.80. The van der Waals surface area contributed by atoms with E-state index in [1.54, 1.807) is 5.01 Å². The van der Waals surface area contributed by atoms with Crippen LogP contribution < -0.4 is 11.3 Å². The maximum absolute atomic E-state index is 5.63. The summed E-state index contributed by atoms with van der Waals surface area (Å²) in [6, 6.07) is 0. The number of thiol groups is 1. The van der Waals surface area contributed by atoms with Gasteiger partial charge < -0.3 is 0 Å². The first-order chi connectivity index (χ1) is 5.25. The van der Waals surface area contributed by atoms with Crippen molar-refractivity contribution in [2.75, 3.05) is 0 Å². The first-order valence-electron chi connectivity index (χ1n) is 3.79. The van der Waals surface area contributed by atoms with Gasteiger partial charge in [-0.2, -0.15) is 5.10 Å². The van der Waals surface area contributed by atoms with Gasteiger partial charge in [0, 0.05) is 6.42 Å². The normalized spacial score (nSPS) is 23.4. The Labute approximate surface area is 72.2 Å². The van der Waals surface area contributed by atoms with Gasteiger partial charge in [-0.15, -0.1) is 12.6 Å². The number of nitrogens with zero attached hydrogens (tertiary/aromatic N) is 2. The second-order valence-electron chi connectivity index (χ2n) is 2.54. The van der Waals surface area contributed by atoms with Gasteiger partial charge in [-0.25, -0.2) is 5.84 Å². The highest BCUT2D eigenvalue weighted by Gasteiger charge is 2.20.